The van der Waals surface area contributed by atoms with E-state index in [1.54, 1.807) is 6.08 Å². The molecule has 3 rings (SSSR count). The number of unbranched alkanes of at least 4 members (excludes halogenated alkanes) is 22. The van der Waals surface area contributed by atoms with Gasteiger partial charge in [-0.25, -0.2) is 0 Å². The van der Waals surface area contributed by atoms with Gasteiger partial charge >= 0.3 is 0 Å². The molecule has 0 aromatic heterocycles. The molecule has 19 nitrogen and oxygen atoms in total. The van der Waals surface area contributed by atoms with Crippen molar-refractivity contribution in [2.45, 2.75) is 336 Å². The summed E-state index contributed by atoms with van der Waals surface area (Å²) in [5.74, 6) is -0.294. The van der Waals surface area contributed by atoms with E-state index in [2.05, 4.69) is 129 Å². The Morgan fingerprint density at radius 3 is 1.14 bits per heavy atom. The highest BCUT2D eigenvalue weighted by molar-refractivity contribution is 5.76. The Balaban J connectivity index is 1.28. The van der Waals surface area contributed by atoms with Crippen LogP contribution in [0.5, 0.6) is 0 Å². The highest BCUT2D eigenvalue weighted by Gasteiger charge is 2.53. The molecule has 97 heavy (non-hydrogen) atoms. The van der Waals surface area contributed by atoms with Gasteiger partial charge in [-0.3, -0.25) is 4.79 Å². The lowest BCUT2D eigenvalue weighted by Crippen LogP contribution is -2.66. The Morgan fingerprint density at radius 1 is 0.381 bits per heavy atom. The molecule has 19 heteroatoms. The maximum atomic E-state index is 13.4. The topological polar surface area (TPSA) is 307 Å². The summed E-state index contributed by atoms with van der Waals surface area (Å²) in [7, 11) is 0. The number of rotatable bonds is 56. The Bertz CT molecular complexity index is 2230. The molecule has 3 aliphatic heterocycles. The number of allylic oxidation sites excluding steroid dienone is 19. The molecule has 0 saturated carbocycles. The number of carbonyl (C=O) groups is 1. The lowest BCUT2D eigenvalue weighted by atomic mass is 9.96. The van der Waals surface area contributed by atoms with Crippen LogP contribution in [0.15, 0.2) is 122 Å². The first kappa shape index (κ1) is 87.4. The van der Waals surface area contributed by atoms with Crippen molar-refractivity contribution in [1.82, 2.24) is 5.32 Å². The van der Waals surface area contributed by atoms with Gasteiger partial charge in [-0.05, 0) is 96.3 Å². The summed E-state index contributed by atoms with van der Waals surface area (Å²) in [5, 5.41) is 120. The molecule has 3 saturated heterocycles. The Morgan fingerprint density at radius 2 is 0.722 bits per heavy atom. The van der Waals surface area contributed by atoms with Crippen LogP contribution in [0.3, 0.4) is 0 Å². The predicted molar refractivity (Wildman–Crippen MR) is 383 cm³/mol. The van der Waals surface area contributed by atoms with E-state index in [0.717, 1.165) is 96.3 Å². The molecular formula is C78H131NO18. The molecule has 12 N–H and O–H groups in total. The van der Waals surface area contributed by atoms with Crippen LogP contribution in [-0.4, -0.2) is 193 Å². The van der Waals surface area contributed by atoms with Crippen LogP contribution in [0.25, 0.3) is 0 Å². The van der Waals surface area contributed by atoms with Crippen LogP contribution in [0.4, 0.5) is 0 Å². The normalized spacial score (nSPS) is 27.6. The summed E-state index contributed by atoms with van der Waals surface area (Å²) < 4.78 is 34.3. The standard InChI is InChI=1S/C78H131NO18/c1-3-5-7-9-11-13-15-16-17-18-19-20-21-22-23-24-25-26-27-28-29-30-31-32-33-34-35-36-37-38-39-40-41-42-43-44-46-48-50-52-54-56-66(84)79-61(62(83)55-53-51-49-47-45-14-12-10-8-6-4-2)60-92-76-72(90)69(87)74(64(58-81)94-76)97-78-73(91)70(88)75(65(59-82)95-78)96-77-71(89)68(86)67(85)63(57-80)93-77/h5,7-8,10-11,13,16-17,19-20,22-23,25-26,28-29,45,47,53,55,61-65,67-78,80-83,85-91H,3-4,6,9,12,14-15,18,21,24,27,30-44,46,48-52,54,56-60H2,1-2H3,(H,79,84)/b7-5-,10-8+,13-11-,17-16-,20-19-,23-22-,26-25-,29-28-,47-45+,55-53+. The highest BCUT2D eigenvalue weighted by atomic mass is 16.8. The molecule has 0 radical (unpaired) electrons. The summed E-state index contributed by atoms with van der Waals surface area (Å²) >= 11 is 0. The maximum absolute atomic E-state index is 13.4. The number of hydrogen-bond acceptors (Lipinski definition) is 18. The van der Waals surface area contributed by atoms with Gasteiger partial charge in [-0.15, -0.1) is 0 Å². The van der Waals surface area contributed by atoms with E-state index < -0.39 is 124 Å². The van der Waals surface area contributed by atoms with Crippen molar-refractivity contribution >= 4 is 5.91 Å². The number of aliphatic hydroxyl groups is 11. The molecule has 0 spiro atoms. The highest BCUT2D eigenvalue weighted by Crippen LogP contribution is 2.33. The van der Waals surface area contributed by atoms with E-state index in [1.165, 1.54) is 103 Å². The zero-order valence-corrected chi connectivity index (χ0v) is 59.0. The molecule has 3 aliphatic rings. The van der Waals surface area contributed by atoms with Crippen molar-refractivity contribution in [3.8, 4) is 0 Å². The largest absolute Gasteiger partial charge is 0.394 e. The molecule has 17 atom stereocenters. The van der Waals surface area contributed by atoms with Gasteiger partial charge < -0.3 is 89.9 Å². The minimum Gasteiger partial charge on any atom is -0.394 e. The molecule has 1 amide bonds. The third-order valence-electron chi connectivity index (χ3n) is 17.7. The van der Waals surface area contributed by atoms with Crippen LogP contribution >= 0.6 is 0 Å². The first-order chi connectivity index (χ1) is 47.3. The van der Waals surface area contributed by atoms with E-state index in [1.807, 2.05) is 6.08 Å². The first-order valence-corrected chi connectivity index (χ1v) is 37.3. The van der Waals surface area contributed by atoms with Crippen molar-refractivity contribution in [1.29, 1.82) is 0 Å². The van der Waals surface area contributed by atoms with Crippen molar-refractivity contribution in [2.75, 3.05) is 26.4 Å². The SMILES string of the molecule is CC/C=C\C/C=C\C/C=C\C/C=C\C/C=C\C/C=C\C/C=C\CCCCCCCCCCCCCCCCCCCCCC(=O)NC(COC1OC(CO)C(OC2OC(CO)C(OC3OC(CO)C(O)C(O)C3O)C(O)C2O)C(O)C1O)C(O)/C=C/CC/C=C/CC/C=C/CCC. The third kappa shape index (κ3) is 38.7. The fourth-order valence-corrected chi connectivity index (χ4v) is 11.7. The van der Waals surface area contributed by atoms with E-state index in [9.17, 15) is 61.0 Å². The van der Waals surface area contributed by atoms with E-state index in [0.29, 0.717) is 12.8 Å². The number of ether oxygens (including phenoxy) is 6. The second kappa shape index (κ2) is 57.8. The number of amides is 1. The summed E-state index contributed by atoms with van der Waals surface area (Å²) in [6, 6.07) is -1.000. The lowest BCUT2D eigenvalue weighted by Gasteiger charge is -2.48. The van der Waals surface area contributed by atoms with Gasteiger partial charge in [-0.2, -0.15) is 0 Å². The number of hydrogen-bond donors (Lipinski definition) is 12. The van der Waals surface area contributed by atoms with Gasteiger partial charge in [-0.1, -0.05) is 251 Å². The maximum Gasteiger partial charge on any atom is 0.220 e. The zero-order valence-electron chi connectivity index (χ0n) is 59.0. The fourth-order valence-electron chi connectivity index (χ4n) is 11.7. The smallest absolute Gasteiger partial charge is 0.220 e. The van der Waals surface area contributed by atoms with Gasteiger partial charge in [0.05, 0.1) is 38.6 Å². The number of aliphatic hydroxyl groups excluding tert-OH is 11. The van der Waals surface area contributed by atoms with Crippen molar-refractivity contribution in [3.63, 3.8) is 0 Å². The summed E-state index contributed by atoms with van der Waals surface area (Å²) in [6.45, 7) is 1.49. The second-order valence-electron chi connectivity index (χ2n) is 26.0. The summed E-state index contributed by atoms with van der Waals surface area (Å²) in [5.41, 5.74) is 0. The number of nitrogens with one attached hydrogen (secondary N) is 1. The second-order valence-corrected chi connectivity index (χ2v) is 26.0. The molecular weight excluding hydrogens is 1240 g/mol. The monoisotopic (exact) mass is 1370 g/mol. The van der Waals surface area contributed by atoms with Crippen LogP contribution < -0.4 is 5.32 Å². The van der Waals surface area contributed by atoms with Crippen molar-refractivity contribution in [2.24, 2.45) is 0 Å². The summed E-state index contributed by atoms with van der Waals surface area (Å²) in [4.78, 5) is 13.4. The quantitative estimate of drug-likeness (QED) is 0.0199. The molecule has 0 aromatic rings. The zero-order chi connectivity index (χ0) is 70.4. The van der Waals surface area contributed by atoms with Gasteiger partial charge in [0, 0.05) is 6.42 Å². The van der Waals surface area contributed by atoms with Crippen LogP contribution in [0, 0.1) is 0 Å². The Kier molecular flexibility index (Phi) is 52.1. The average Bonchev–Trinajstić information content (AvgIpc) is 0.790. The minimum atomic E-state index is -1.99. The Labute approximate surface area is 582 Å². The average molecular weight is 1370 g/mol. The van der Waals surface area contributed by atoms with Crippen molar-refractivity contribution < 1.29 is 89.4 Å². The third-order valence-corrected chi connectivity index (χ3v) is 17.7. The lowest BCUT2D eigenvalue weighted by molar-refractivity contribution is -0.379. The summed E-state index contributed by atoms with van der Waals surface area (Å²) in [6.07, 6.45) is 53.7. The molecule has 17 unspecified atom stereocenters. The van der Waals surface area contributed by atoms with Gasteiger partial charge in [0.1, 0.15) is 73.2 Å². The molecule has 556 valence electrons. The Hall–Kier alpha value is -3.81. The van der Waals surface area contributed by atoms with E-state index in [4.69, 9.17) is 28.4 Å². The molecule has 3 fully saturated rings. The molecule has 0 aromatic carbocycles. The first-order valence-electron chi connectivity index (χ1n) is 37.3. The van der Waals surface area contributed by atoms with Crippen LogP contribution in [0.1, 0.15) is 232 Å². The number of carbonyl (C=O) groups excluding carboxylic acids is 1. The van der Waals surface area contributed by atoms with Gasteiger partial charge in [0.15, 0.2) is 18.9 Å². The van der Waals surface area contributed by atoms with Crippen molar-refractivity contribution in [3.05, 3.63) is 122 Å². The van der Waals surface area contributed by atoms with Gasteiger partial charge in [0.2, 0.25) is 5.91 Å². The molecule has 0 bridgehead atoms. The van der Waals surface area contributed by atoms with E-state index in [-0.39, 0.29) is 18.9 Å². The van der Waals surface area contributed by atoms with E-state index >= 15 is 0 Å². The minimum absolute atomic E-state index is 0.228. The van der Waals surface area contributed by atoms with Gasteiger partial charge in [0.25, 0.3) is 0 Å². The van der Waals surface area contributed by atoms with Crippen LogP contribution in [0.2, 0.25) is 0 Å². The molecule has 3 heterocycles. The predicted octanol–water partition coefficient (Wildman–Crippen LogP) is 11.2. The molecule has 0 aliphatic carbocycles. The van der Waals surface area contributed by atoms with Crippen LogP contribution in [-0.2, 0) is 33.2 Å². The fraction of sp³-hybridized carbons (Fsp3) is 0.731.